The minimum atomic E-state index is 0.509. The molecule has 0 heterocycles. The summed E-state index contributed by atoms with van der Waals surface area (Å²) in [5.41, 5.74) is 1.25. The highest BCUT2D eigenvalue weighted by Gasteiger charge is 2.07. The number of hydrogen-bond donors (Lipinski definition) is 0. The quantitative estimate of drug-likeness (QED) is 0.514. The highest BCUT2D eigenvalue weighted by molar-refractivity contribution is 6.56. The molecule has 0 nitrogen and oxygen atoms in total. The van der Waals surface area contributed by atoms with E-state index < -0.39 is 0 Å². The van der Waals surface area contributed by atoms with Crippen LogP contribution in [0.1, 0.15) is 32.1 Å². The van der Waals surface area contributed by atoms with Crippen molar-refractivity contribution in [3.63, 3.8) is 0 Å². The van der Waals surface area contributed by atoms with Crippen molar-refractivity contribution in [3.8, 4) is 0 Å². The zero-order chi connectivity index (χ0) is 6.69. The van der Waals surface area contributed by atoms with Crippen LogP contribution in [0.25, 0.3) is 0 Å². The Morgan fingerprint density at radius 2 is 1.56 bits per heavy atom. The van der Waals surface area contributed by atoms with Crippen molar-refractivity contribution in [1.29, 1.82) is 0 Å². The molecule has 1 aliphatic carbocycles. The predicted octanol–water partition coefficient (Wildman–Crippen LogP) is 3.64. The summed E-state index contributed by atoms with van der Waals surface area (Å²) in [6.07, 6.45) is 6.09. The molecule has 2 heteroatoms. The Labute approximate surface area is 65.8 Å². The third-order valence-electron chi connectivity index (χ3n) is 1.72. The lowest BCUT2D eigenvalue weighted by Crippen LogP contribution is -1.93. The molecule has 0 radical (unpaired) electrons. The van der Waals surface area contributed by atoms with E-state index in [1.54, 1.807) is 0 Å². The van der Waals surface area contributed by atoms with Gasteiger partial charge in [0.2, 0.25) is 0 Å². The topological polar surface area (TPSA) is 0 Å². The smallest absolute Gasteiger partial charge is 0.0709 e. The van der Waals surface area contributed by atoms with Crippen LogP contribution in [0.15, 0.2) is 10.1 Å². The van der Waals surface area contributed by atoms with Crippen LogP contribution in [0.3, 0.4) is 0 Å². The summed E-state index contributed by atoms with van der Waals surface area (Å²) in [7, 11) is 0. The second-order valence-electron chi connectivity index (χ2n) is 2.42. The van der Waals surface area contributed by atoms with Crippen molar-refractivity contribution in [2.75, 3.05) is 0 Å². The van der Waals surface area contributed by atoms with E-state index >= 15 is 0 Å². The second kappa shape index (κ2) is 3.48. The van der Waals surface area contributed by atoms with Gasteiger partial charge in [-0.05, 0) is 31.3 Å². The molecule has 0 amide bonds. The van der Waals surface area contributed by atoms with Crippen LogP contribution in [-0.4, -0.2) is 0 Å². The summed E-state index contributed by atoms with van der Waals surface area (Å²) in [6.45, 7) is 0. The van der Waals surface area contributed by atoms with E-state index in [4.69, 9.17) is 23.2 Å². The molecule has 9 heavy (non-hydrogen) atoms. The number of rotatable bonds is 0. The zero-order valence-electron chi connectivity index (χ0n) is 5.29. The average Bonchev–Trinajstić information content (AvgIpc) is 1.90. The first-order valence-electron chi connectivity index (χ1n) is 3.34. The van der Waals surface area contributed by atoms with Crippen molar-refractivity contribution >= 4 is 23.2 Å². The molecule has 1 rings (SSSR count). The molecule has 0 aromatic rings. The van der Waals surface area contributed by atoms with E-state index in [0.717, 1.165) is 12.8 Å². The molecule has 0 atom stereocenters. The summed E-state index contributed by atoms with van der Waals surface area (Å²) < 4.78 is 0.509. The summed E-state index contributed by atoms with van der Waals surface area (Å²) in [5, 5.41) is 0. The Hall–Kier alpha value is 0.320. The first kappa shape index (κ1) is 7.43. The second-order valence-corrected chi connectivity index (χ2v) is 3.37. The third kappa shape index (κ3) is 2.19. The highest BCUT2D eigenvalue weighted by Crippen LogP contribution is 2.28. The fourth-order valence-corrected chi connectivity index (χ4v) is 1.55. The van der Waals surface area contributed by atoms with Crippen molar-refractivity contribution < 1.29 is 0 Å². The van der Waals surface area contributed by atoms with Crippen molar-refractivity contribution in [2.24, 2.45) is 0 Å². The lowest BCUT2D eigenvalue weighted by atomic mass is 9.96. The maximum Gasteiger partial charge on any atom is 0.106 e. The lowest BCUT2D eigenvalue weighted by molar-refractivity contribution is 0.599. The SMILES string of the molecule is ClC(Cl)=C1CCCCC1. The largest absolute Gasteiger partial charge is 0.106 e. The van der Waals surface area contributed by atoms with E-state index in [2.05, 4.69) is 0 Å². The summed E-state index contributed by atoms with van der Waals surface area (Å²) >= 11 is 11.2. The van der Waals surface area contributed by atoms with Gasteiger partial charge in [0.15, 0.2) is 0 Å². The molecular formula is C7H10Cl2. The third-order valence-corrected chi connectivity index (χ3v) is 2.26. The van der Waals surface area contributed by atoms with E-state index in [0.29, 0.717) is 4.49 Å². The Bertz CT molecular complexity index is 115. The van der Waals surface area contributed by atoms with Gasteiger partial charge in [0.25, 0.3) is 0 Å². The van der Waals surface area contributed by atoms with E-state index in [9.17, 15) is 0 Å². The molecule has 0 aromatic heterocycles. The van der Waals surface area contributed by atoms with Crippen LogP contribution in [0.2, 0.25) is 0 Å². The fraction of sp³-hybridized carbons (Fsp3) is 0.714. The van der Waals surface area contributed by atoms with Gasteiger partial charge in [0.1, 0.15) is 4.49 Å². The van der Waals surface area contributed by atoms with Gasteiger partial charge in [-0.2, -0.15) is 0 Å². The number of hydrogen-bond acceptors (Lipinski definition) is 0. The molecule has 0 aliphatic heterocycles. The van der Waals surface area contributed by atoms with Gasteiger partial charge in [-0.25, -0.2) is 0 Å². The average molecular weight is 165 g/mol. The number of halogens is 2. The molecule has 0 spiro atoms. The highest BCUT2D eigenvalue weighted by atomic mass is 35.5. The Kier molecular flexibility index (Phi) is 2.87. The molecule has 0 unspecified atom stereocenters. The molecule has 1 saturated carbocycles. The monoisotopic (exact) mass is 164 g/mol. The van der Waals surface area contributed by atoms with Gasteiger partial charge in [0, 0.05) is 0 Å². The van der Waals surface area contributed by atoms with E-state index in [1.165, 1.54) is 24.8 Å². The molecule has 0 N–H and O–H groups in total. The summed E-state index contributed by atoms with van der Waals surface area (Å²) in [6, 6.07) is 0. The molecule has 52 valence electrons. The number of allylic oxidation sites excluding steroid dienone is 1. The summed E-state index contributed by atoms with van der Waals surface area (Å²) in [4.78, 5) is 0. The van der Waals surface area contributed by atoms with Crippen LogP contribution in [0, 0.1) is 0 Å². The molecule has 0 saturated heterocycles. The summed E-state index contributed by atoms with van der Waals surface area (Å²) in [5.74, 6) is 0. The lowest BCUT2D eigenvalue weighted by Gasteiger charge is -2.12. The van der Waals surface area contributed by atoms with E-state index in [1.807, 2.05) is 0 Å². The fourth-order valence-electron chi connectivity index (χ4n) is 1.17. The van der Waals surface area contributed by atoms with Crippen LogP contribution in [0.4, 0.5) is 0 Å². The van der Waals surface area contributed by atoms with Gasteiger partial charge in [-0.1, -0.05) is 29.6 Å². The molecule has 0 bridgehead atoms. The predicted molar refractivity (Wildman–Crippen MR) is 41.8 cm³/mol. The van der Waals surface area contributed by atoms with Crippen molar-refractivity contribution in [2.45, 2.75) is 32.1 Å². The first-order valence-corrected chi connectivity index (χ1v) is 4.09. The minimum Gasteiger partial charge on any atom is -0.0709 e. The van der Waals surface area contributed by atoms with Crippen LogP contribution >= 0.6 is 23.2 Å². The van der Waals surface area contributed by atoms with Crippen molar-refractivity contribution in [3.05, 3.63) is 10.1 Å². The first-order chi connectivity index (χ1) is 4.30. The standard InChI is InChI=1S/C7H10Cl2/c8-7(9)6-4-2-1-3-5-6/h1-5H2. The Morgan fingerprint density at radius 1 is 1.00 bits per heavy atom. The van der Waals surface area contributed by atoms with Gasteiger partial charge in [0.05, 0.1) is 0 Å². The van der Waals surface area contributed by atoms with Crippen LogP contribution < -0.4 is 0 Å². The maximum absolute atomic E-state index is 5.60. The van der Waals surface area contributed by atoms with Gasteiger partial charge < -0.3 is 0 Å². The minimum absolute atomic E-state index is 0.509. The molecule has 0 aromatic carbocycles. The van der Waals surface area contributed by atoms with Gasteiger partial charge in [-0.15, -0.1) is 0 Å². The Balaban J connectivity index is 2.49. The molecule has 1 fully saturated rings. The normalized spacial score (nSPS) is 20.0. The maximum atomic E-state index is 5.60. The van der Waals surface area contributed by atoms with Crippen LogP contribution in [0.5, 0.6) is 0 Å². The zero-order valence-corrected chi connectivity index (χ0v) is 6.80. The van der Waals surface area contributed by atoms with Crippen molar-refractivity contribution in [1.82, 2.24) is 0 Å². The van der Waals surface area contributed by atoms with Crippen LogP contribution in [-0.2, 0) is 0 Å². The van der Waals surface area contributed by atoms with Gasteiger partial charge >= 0.3 is 0 Å². The Morgan fingerprint density at radius 3 is 1.89 bits per heavy atom. The molecular weight excluding hydrogens is 155 g/mol. The molecule has 1 aliphatic rings. The van der Waals surface area contributed by atoms with Gasteiger partial charge in [-0.3, -0.25) is 0 Å². The van der Waals surface area contributed by atoms with E-state index in [-0.39, 0.29) is 0 Å².